The molecule has 1 aliphatic rings. The molecule has 0 radical (unpaired) electrons. The molecular formula is C15H16N4O4. The van der Waals surface area contributed by atoms with E-state index in [0.717, 1.165) is 12.8 Å². The van der Waals surface area contributed by atoms with Crippen molar-refractivity contribution in [1.82, 2.24) is 15.0 Å². The van der Waals surface area contributed by atoms with Crippen molar-refractivity contribution in [3.05, 3.63) is 51.7 Å². The molecule has 1 fully saturated rings. The number of aryl methyl sites for hydroxylation is 1. The van der Waals surface area contributed by atoms with Crippen LogP contribution in [-0.4, -0.2) is 39.0 Å². The molecule has 1 aliphatic heterocycles. The number of aromatic nitrogens is 2. The van der Waals surface area contributed by atoms with Gasteiger partial charge in [-0.05, 0) is 25.8 Å². The van der Waals surface area contributed by atoms with Crippen LogP contribution in [0.1, 0.15) is 40.8 Å². The van der Waals surface area contributed by atoms with Crippen LogP contribution in [0.5, 0.6) is 0 Å². The maximum Gasteiger partial charge on any atom is 0.270 e. The van der Waals surface area contributed by atoms with E-state index in [9.17, 15) is 14.9 Å². The molecule has 8 nitrogen and oxygen atoms in total. The summed E-state index contributed by atoms with van der Waals surface area (Å²) in [4.78, 5) is 28.9. The molecule has 2 aromatic rings. The second kappa shape index (κ2) is 6.15. The minimum Gasteiger partial charge on any atom is -0.339 e. The Bertz CT molecular complexity index is 743. The van der Waals surface area contributed by atoms with E-state index in [0.29, 0.717) is 30.4 Å². The summed E-state index contributed by atoms with van der Waals surface area (Å²) in [6.07, 6.45) is 1.70. The summed E-state index contributed by atoms with van der Waals surface area (Å²) in [6, 6.07) is 5.80. The third-order valence-corrected chi connectivity index (χ3v) is 3.91. The molecule has 3 rings (SSSR count). The number of rotatable bonds is 3. The van der Waals surface area contributed by atoms with Crippen LogP contribution in [0.4, 0.5) is 5.69 Å². The first-order chi connectivity index (χ1) is 11.0. The summed E-state index contributed by atoms with van der Waals surface area (Å²) in [5, 5.41) is 14.6. The second-order valence-corrected chi connectivity index (χ2v) is 5.58. The number of amides is 1. The Hall–Kier alpha value is -2.77. The van der Waals surface area contributed by atoms with Crippen molar-refractivity contribution in [2.24, 2.45) is 0 Å². The second-order valence-electron chi connectivity index (χ2n) is 5.58. The van der Waals surface area contributed by atoms with E-state index in [4.69, 9.17) is 4.52 Å². The van der Waals surface area contributed by atoms with Crippen molar-refractivity contribution >= 4 is 11.6 Å². The van der Waals surface area contributed by atoms with Gasteiger partial charge in [0.15, 0.2) is 5.82 Å². The maximum atomic E-state index is 12.6. The number of nitro benzene ring substituents is 1. The molecule has 1 amide bonds. The van der Waals surface area contributed by atoms with Gasteiger partial charge in [0.05, 0.1) is 10.8 Å². The van der Waals surface area contributed by atoms with E-state index in [1.807, 2.05) is 0 Å². The Labute approximate surface area is 132 Å². The lowest BCUT2D eigenvalue weighted by Crippen LogP contribution is -2.39. The average molecular weight is 316 g/mol. The molecule has 8 heteroatoms. The SMILES string of the molecule is Cc1noc([C@@H]2CCCN(C(=O)c3cccc([N+](=O)[O-])c3)C2)n1. The van der Waals surface area contributed by atoms with Gasteiger partial charge < -0.3 is 9.42 Å². The molecule has 0 bridgehead atoms. The summed E-state index contributed by atoms with van der Waals surface area (Å²) in [5.41, 5.74) is 0.235. The molecule has 0 N–H and O–H groups in total. The topological polar surface area (TPSA) is 102 Å². The van der Waals surface area contributed by atoms with E-state index in [1.165, 1.54) is 18.2 Å². The third-order valence-electron chi connectivity index (χ3n) is 3.91. The number of carbonyl (C=O) groups excluding carboxylic acids is 1. The number of piperidine rings is 1. The average Bonchev–Trinajstić information content (AvgIpc) is 3.01. The quantitative estimate of drug-likeness (QED) is 0.636. The maximum absolute atomic E-state index is 12.6. The first kappa shape index (κ1) is 15.1. The number of likely N-dealkylation sites (tertiary alicyclic amines) is 1. The molecule has 0 spiro atoms. The number of nitrogens with zero attached hydrogens (tertiary/aromatic N) is 4. The fourth-order valence-corrected chi connectivity index (χ4v) is 2.78. The Morgan fingerprint density at radius 3 is 3.00 bits per heavy atom. The first-order valence-corrected chi connectivity index (χ1v) is 7.38. The largest absolute Gasteiger partial charge is 0.339 e. The molecule has 1 aromatic carbocycles. The van der Waals surface area contributed by atoms with Crippen LogP contribution < -0.4 is 0 Å². The van der Waals surface area contributed by atoms with E-state index in [1.54, 1.807) is 17.9 Å². The smallest absolute Gasteiger partial charge is 0.270 e. The minimum atomic E-state index is -0.503. The van der Waals surface area contributed by atoms with Crippen molar-refractivity contribution in [2.45, 2.75) is 25.7 Å². The lowest BCUT2D eigenvalue weighted by atomic mass is 9.97. The number of nitro groups is 1. The highest BCUT2D eigenvalue weighted by Gasteiger charge is 2.29. The predicted octanol–water partition coefficient (Wildman–Crippen LogP) is 2.31. The first-order valence-electron chi connectivity index (χ1n) is 7.38. The summed E-state index contributed by atoms with van der Waals surface area (Å²) in [7, 11) is 0. The van der Waals surface area contributed by atoms with Crippen molar-refractivity contribution in [2.75, 3.05) is 13.1 Å². The van der Waals surface area contributed by atoms with E-state index in [2.05, 4.69) is 10.1 Å². The Morgan fingerprint density at radius 1 is 1.48 bits per heavy atom. The van der Waals surface area contributed by atoms with Gasteiger partial charge in [-0.3, -0.25) is 14.9 Å². The van der Waals surface area contributed by atoms with Gasteiger partial charge in [-0.2, -0.15) is 4.98 Å². The standard InChI is InChI=1S/C15H16N4O4/c1-10-16-14(23-17-10)12-5-3-7-18(9-12)15(20)11-4-2-6-13(8-11)19(21)22/h2,4,6,8,12H,3,5,7,9H2,1H3/t12-/m1/s1. The van der Waals surface area contributed by atoms with E-state index < -0.39 is 4.92 Å². The third kappa shape index (κ3) is 3.20. The molecule has 23 heavy (non-hydrogen) atoms. The number of non-ortho nitro benzene ring substituents is 1. The lowest BCUT2D eigenvalue weighted by molar-refractivity contribution is -0.384. The molecule has 2 heterocycles. The van der Waals surface area contributed by atoms with Gasteiger partial charge in [0, 0.05) is 30.8 Å². The van der Waals surface area contributed by atoms with E-state index in [-0.39, 0.29) is 17.5 Å². The van der Waals surface area contributed by atoms with Gasteiger partial charge in [-0.25, -0.2) is 0 Å². The van der Waals surface area contributed by atoms with Crippen molar-refractivity contribution in [3.8, 4) is 0 Å². The van der Waals surface area contributed by atoms with Gasteiger partial charge in [0.2, 0.25) is 5.89 Å². The van der Waals surface area contributed by atoms with Crippen LogP contribution in [-0.2, 0) is 0 Å². The summed E-state index contributed by atoms with van der Waals surface area (Å²) in [6.45, 7) is 2.84. The molecule has 1 atom stereocenters. The fourth-order valence-electron chi connectivity index (χ4n) is 2.78. The molecule has 1 saturated heterocycles. The zero-order chi connectivity index (χ0) is 16.4. The van der Waals surface area contributed by atoms with Crippen LogP contribution in [0.25, 0.3) is 0 Å². The number of hydrogen-bond acceptors (Lipinski definition) is 6. The molecular weight excluding hydrogens is 300 g/mol. The minimum absolute atomic E-state index is 0.00704. The van der Waals surface area contributed by atoms with Crippen LogP contribution in [0.15, 0.2) is 28.8 Å². The number of carbonyl (C=O) groups is 1. The monoisotopic (exact) mass is 316 g/mol. The number of hydrogen-bond donors (Lipinski definition) is 0. The molecule has 0 aliphatic carbocycles. The van der Waals surface area contributed by atoms with Gasteiger partial charge in [0.25, 0.3) is 11.6 Å². The highest BCUT2D eigenvalue weighted by atomic mass is 16.6. The van der Waals surface area contributed by atoms with E-state index >= 15 is 0 Å². The zero-order valence-corrected chi connectivity index (χ0v) is 12.6. The van der Waals surface area contributed by atoms with Crippen molar-refractivity contribution in [3.63, 3.8) is 0 Å². The lowest BCUT2D eigenvalue weighted by Gasteiger charge is -2.31. The van der Waals surface area contributed by atoms with Crippen LogP contribution in [0, 0.1) is 17.0 Å². The highest BCUT2D eigenvalue weighted by molar-refractivity contribution is 5.94. The summed E-state index contributed by atoms with van der Waals surface area (Å²) in [5.74, 6) is 0.906. The Morgan fingerprint density at radius 2 is 2.30 bits per heavy atom. The molecule has 0 saturated carbocycles. The predicted molar refractivity (Wildman–Crippen MR) is 80.0 cm³/mol. The molecule has 0 unspecified atom stereocenters. The van der Waals surface area contributed by atoms with Crippen molar-refractivity contribution < 1.29 is 14.2 Å². The van der Waals surface area contributed by atoms with Crippen LogP contribution >= 0.6 is 0 Å². The summed E-state index contributed by atoms with van der Waals surface area (Å²) >= 11 is 0. The Balaban J connectivity index is 1.77. The number of benzene rings is 1. The Kier molecular flexibility index (Phi) is 4.05. The fraction of sp³-hybridized carbons (Fsp3) is 0.400. The molecule has 1 aromatic heterocycles. The normalized spacial score (nSPS) is 18.0. The molecule has 120 valence electrons. The van der Waals surface area contributed by atoms with Crippen LogP contribution in [0.2, 0.25) is 0 Å². The van der Waals surface area contributed by atoms with Crippen molar-refractivity contribution in [1.29, 1.82) is 0 Å². The van der Waals surface area contributed by atoms with Gasteiger partial charge in [-0.15, -0.1) is 0 Å². The zero-order valence-electron chi connectivity index (χ0n) is 12.6. The highest BCUT2D eigenvalue weighted by Crippen LogP contribution is 2.27. The van der Waals surface area contributed by atoms with Crippen LogP contribution in [0.3, 0.4) is 0 Å². The summed E-state index contributed by atoms with van der Waals surface area (Å²) < 4.78 is 5.20. The van der Waals surface area contributed by atoms with Gasteiger partial charge in [0.1, 0.15) is 0 Å². The van der Waals surface area contributed by atoms with Gasteiger partial charge in [-0.1, -0.05) is 11.2 Å². The van der Waals surface area contributed by atoms with Gasteiger partial charge >= 0.3 is 0 Å².